The van der Waals surface area contributed by atoms with Gasteiger partial charge in [-0.25, -0.2) is 0 Å². The SMILES string of the molecule is COCC(O)CNc1nnc(-c2ccccn2)s1. The van der Waals surface area contributed by atoms with Crippen molar-refractivity contribution in [2.24, 2.45) is 0 Å². The number of anilines is 1. The van der Waals surface area contributed by atoms with Gasteiger partial charge in [0.15, 0.2) is 5.01 Å². The van der Waals surface area contributed by atoms with Gasteiger partial charge in [0.05, 0.1) is 12.7 Å². The zero-order valence-corrected chi connectivity index (χ0v) is 10.7. The van der Waals surface area contributed by atoms with E-state index in [2.05, 4.69) is 20.5 Å². The van der Waals surface area contributed by atoms with E-state index in [1.165, 1.54) is 11.3 Å². The lowest BCUT2D eigenvalue weighted by atomic mass is 10.4. The molecule has 96 valence electrons. The van der Waals surface area contributed by atoms with E-state index < -0.39 is 6.10 Å². The predicted molar refractivity (Wildman–Crippen MR) is 69.5 cm³/mol. The van der Waals surface area contributed by atoms with Crippen molar-refractivity contribution in [3.05, 3.63) is 24.4 Å². The standard InChI is InChI=1S/C11H14N4O2S/c1-17-7-8(16)6-13-11-15-14-10(18-11)9-4-2-3-5-12-9/h2-5,8,16H,6-7H2,1H3,(H,13,15). The topological polar surface area (TPSA) is 80.2 Å². The van der Waals surface area contributed by atoms with Crippen LogP contribution in [0.3, 0.4) is 0 Å². The molecule has 0 fully saturated rings. The van der Waals surface area contributed by atoms with E-state index in [9.17, 15) is 5.11 Å². The van der Waals surface area contributed by atoms with Crippen LogP contribution in [0.4, 0.5) is 5.13 Å². The minimum absolute atomic E-state index is 0.291. The largest absolute Gasteiger partial charge is 0.389 e. The number of aromatic nitrogens is 3. The lowest BCUT2D eigenvalue weighted by Crippen LogP contribution is -2.24. The molecule has 6 nitrogen and oxygen atoms in total. The van der Waals surface area contributed by atoms with Gasteiger partial charge in [0, 0.05) is 19.9 Å². The second-order valence-corrected chi connectivity index (χ2v) is 4.59. The molecule has 2 N–H and O–H groups in total. The molecule has 0 saturated carbocycles. The van der Waals surface area contributed by atoms with E-state index in [0.717, 1.165) is 10.7 Å². The Morgan fingerprint density at radius 2 is 2.33 bits per heavy atom. The Bertz CT molecular complexity index is 477. The second kappa shape index (κ2) is 6.39. The summed E-state index contributed by atoms with van der Waals surface area (Å²) in [7, 11) is 1.55. The molecule has 0 aliphatic heterocycles. The van der Waals surface area contributed by atoms with Crippen LogP contribution < -0.4 is 5.32 Å². The lowest BCUT2D eigenvalue weighted by Gasteiger charge is -2.08. The minimum Gasteiger partial charge on any atom is -0.389 e. The number of ether oxygens (including phenoxy) is 1. The van der Waals surface area contributed by atoms with Gasteiger partial charge in [0.2, 0.25) is 5.13 Å². The van der Waals surface area contributed by atoms with Gasteiger partial charge < -0.3 is 15.2 Å². The molecule has 0 radical (unpaired) electrons. The molecule has 0 saturated heterocycles. The van der Waals surface area contributed by atoms with E-state index in [0.29, 0.717) is 18.3 Å². The monoisotopic (exact) mass is 266 g/mol. The van der Waals surface area contributed by atoms with Gasteiger partial charge in [0.1, 0.15) is 5.69 Å². The first-order valence-corrected chi connectivity index (χ1v) is 6.27. The third kappa shape index (κ3) is 3.46. The summed E-state index contributed by atoms with van der Waals surface area (Å²) in [6.07, 6.45) is 1.16. The summed E-state index contributed by atoms with van der Waals surface area (Å²) in [6.45, 7) is 0.670. The summed E-state index contributed by atoms with van der Waals surface area (Å²) in [6, 6.07) is 5.63. The Balaban J connectivity index is 1.95. The van der Waals surface area contributed by atoms with Crippen LogP contribution in [0.25, 0.3) is 10.7 Å². The third-order valence-electron chi connectivity index (χ3n) is 2.16. The molecule has 1 atom stereocenters. The highest BCUT2D eigenvalue weighted by Crippen LogP contribution is 2.24. The summed E-state index contributed by atoms with van der Waals surface area (Å²) < 4.78 is 4.83. The molecule has 0 aromatic carbocycles. The molecular weight excluding hydrogens is 252 g/mol. The number of methoxy groups -OCH3 is 1. The van der Waals surface area contributed by atoms with Crippen molar-refractivity contribution in [1.82, 2.24) is 15.2 Å². The third-order valence-corrected chi connectivity index (χ3v) is 3.06. The molecule has 1 unspecified atom stereocenters. The van der Waals surface area contributed by atoms with Crippen molar-refractivity contribution in [3.63, 3.8) is 0 Å². The van der Waals surface area contributed by atoms with Crippen LogP contribution in [0.2, 0.25) is 0 Å². The maximum Gasteiger partial charge on any atom is 0.206 e. The highest BCUT2D eigenvalue weighted by Gasteiger charge is 2.08. The first kappa shape index (κ1) is 12.9. The maximum atomic E-state index is 9.49. The lowest BCUT2D eigenvalue weighted by molar-refractivity contribution is 0.0727. The van der Waals surface area contributed by atoms with Crippen LogP contribution in [-0.2, 0) is 4.74 Å². The van der Waals surface area contributed by atoms with Crippen LogP contribution in [0.5, 0.6) is 0 Å². The summed E-state index contributed by atoms with van der Waals surface area (Å²) in [5.41, 5.74) is 0.792. The second-order valence-electron chi connectivity index (χ2n) is 3.62. The zero-order valence-electron chi connectivity index (χ0n) is 9.91. The smallest absolute Gasteiger partial charge is 0.206 e. The van der Waals surface area contributed by atoms with E-state index in [1.54, 1.807) is 13.3 Å². The number of rotatable bonds is 6. The van der Waals surface area contributed by atoms with Crippen LogP contribution >= 0.6 is 11.3 Å². The van der Waals surface area contributed by atoms with E-state index in [1.807, 2.05) is 18.2 Å². The summed E-state index contributed by atoms with van der Waals surface area (Å²) in [4.78, 5) is 4.20. The highest BCUT2D eigenvalue weighted by molar-refractivity contribution is 7.18. The van der Waals surface area contributed by atoms with Crippen LogP contribution in [-0.4, -0.2) is 46.7 Å². The molecular formula is C11H14N4O2S. The number of hydrogen-bond donors (Lipinski definition) is 2. The fourth-order valence-electron chi connectivity index (χ4n) is 1.34. The van der Waals surface area contributed by atoms with Gasteiger partial charge in [-0.2, -0.15) is 0 Å². The number of aliphatic hydroxyl groups excluding tert-OH is 1. The predicted octanol–water partition coefficient (Wildman–Crippen LogP) is 1.02. The Morgan fingerprint density at radius 3 is 3.06 bits per heavy atom. The Labute approximate surface area is 109 Å². The number of pyridine rings is 1. The molecule has 0 aliphatic carbocycles. The zero-order chi connectivity index (χ0) is 12.8. The average molecular weight is 266 g/mol. The van der Waals surface area contributed by atoms with E-state index >= 15 is 0 Å². The number of hydrogen-bond acceptors (Lipinski definition) is 7. The van der Waals surface area contributed by atoms with Gasteiger partial charge in [-0.15, -0.1) is 10.2 Å². The van der Waals surface area contributed by atoms with Crippen LogP contribution in [0, 0.1) is 0 Å². The Morgan fingerprint density at radius 1 is 1.44 bits per heavy atom. The van der Waals surface area contributed by atoms with Gasteiger partial charge >= 0.3 is 0 Å². The van der Waals surface area contributed by atoms with Crippen molar-refractivity contribution in [2.75, 3.05) is 25.6 Å². The molecule has 2 aromatic rings. The van der Waals surface area contributed by atoms with Gasteiger partial charge in [-0.05, 0) is 12.1 Å². The molecule has 7 heteroatoms. The molecule has 2 rings (SSSR count). The quantitative estimate of drug-likeness (QED) is 0.812. The normalized spacial score (nSPS) is 12.3. The van der Waals surface area contributed by atoms with Crippen molar-refractivity contribution in [1.29, 1.82) is 0 Å². The number of nitrogens with zero attached hydrogens (tertiary/aromatic N) is 3. The number of nitrogens with one attached hydrogen (secondary N) is 1. The minimum atomic E-state index is -0.558. The van der Waals surface area contributed by atoms with Crippen molar-refractivity contribution < 1.29 is 9.84 Å². The van der Waals surface area contributed by atoms with Crippen molar-refractivity contribution in [3.8, 4) is 10.7 Å². The van der Waals surface area contributed by atoms with E-state index in [4.69, 9.17) is 4.74 Å². The first-order chi connectivity index (χ1) is 8.79. The van der Waals surface area contributed by atoms with Gasteiger partial charge in [-0.1, -0.05) is 17.4 Å². The highest BCUT2D eigenvalue weighted by atomic mass is 32.1. The molecule has 0 aliphatic rings. The summed E-state index contributed by atoms with van der Waals surface area (Å²) in [5.74, 6) is 0. The first-order valence-electron chi connectivity index (χ1n) is 5.45. The average Bonchev–Trinajstić information content (AvgIpc) is 2.87. The van der Waals surface area contributed by atoms with Crippen LogP contribution in [0.1, 0.15) is 0 Å². The fraction of sp³-hybridized carbons (Fsp3) is 0.364. The van der Waals surface area contributed by atoms with Crippen molar-refractivity contribution >= 4 is 16.5 Å². The molecule has 0 amide bonds. The molecule has 0 bridgehead atoms. The molecule has 2 aromatic heterocycles. The maximum absolute atomic E-state index is 9.49. The summed E-state index contributed by atoms with van der Waals surface area (Å²) in [5, 5.41) is 21.9. The fourth-order valence-corrected chi connectivity index (χ4v) is 2.07. The summed E-state index contributed by atoms with van der Waals surface area (Å²) >= 11 is 1.40. The Kier molecular flexibility index (Phi) is 4.57. The van der Waals surface area contributed by atoms with Gasteiger partial charge in [-0.3, -0.25) is 4.98 Å². The Hall–Kier alpha value is -1.57. The van der Waals surface area contributed by atoms with Gasteiger partial charge in [0.25, 0.3) is 0 Å². The molecule has 18 heavy (non-hydrogen) atoms. The molecule has 0 spiro atoms. The number of aliphatic hydroxyl groups is 1. The van der Waals surface area contributed by atoms with Crippen molar-refractivity contribution in [2.45, 2.75) is 6.10 Å². The molecule has 2 heterocycles. The van der Waals surface area contributed by atoms with Crippen LogP contribution in [0.15, 0.2) is 24.4 Å². The van der Waals surface area contributed by atoms with E-state index in [-0.39, 0.29) is 0 Å².